The highest BCUT2D eigenvalue weighted by molar-refractivity contribution is 7.47. The second-order valence-electron chi connectivity index (χ2n) is 7.81. The zero-order chi connectivity index (χ0) is 24.8. The molecule has 0 radical (unpaired) electrons. The molecule has 0 rings (SSSR count). The summed E-state index contributed by atoms with van der Waals surface area (Å²) in [4.78, 5) is 33.1. The van der Waals surface area contributed by atoms with Crippen LogP contribution in [0.4, 0.5) is 0 Å². The van der Waals surface area contributed by atoms with E-state index in [2.05, 4.69) is 23.6 Å². The van der Waals surface area contributed by atoms with E-state index in [1.54, 1.807) is 6.92 Å². The van der Waals surface area contributed by atoms with Crippen LogP contribution in [-0.2, 0) is 32.7 Å². The minimum absolute atomic E-state index is 0.0518. The van der Waals surface area contributed by atoms with Gasteiger partial charge in [-0.05, 0) is 32.1 Å². The molecule has 0 aromatic heterocycles. The van der Waals surface area contributed by atoms with Gasteiger partial charge in [0.2, 0.25) is 0 Å². The van der Waals surface area contributed by atoms with Gasteiger partial charge in [-0.1, -0.05) is 58.1 Å². The van der Waals surface area contributed by atoms with Gasteiger partial charge < -0.3 is 20.1 Å². The lowest BCUT2D eigenvalue weighted by molar-refractivity contribution is -0.161. The molecule has 3 N–H and O–H groups in total. The first-order chi connectivity index (χ1) is 15.8. The number of ether oxygens (including phenoxy) is 2. The van der Waals surface area contributed by atoms with Gasteiger partial charge in [0.1, 0.15) is 6.61 Å². The molecule has 0 heterocycles. The molecule has 0 saturated heterocycles. The Morgan fingerprint density at radius 3 is 2.18 bits per heavy atom. The number of carbonyl (C=O) groups excluding carboxylic acids is 2. The Morgan fingerprint density at radius 2 is 1.55 bits per heavy atom. The minimum Gasteiger partial charge on any atom is -0.462 e. The molecule has 10 heteroatoms. The smallest absolute Gasteiger partial charge is 0.462 e. The standard InChI is InChI=1S/C23H44NO8P/c1-3-5-6-7-8-9-10-11-12-13-14-15-16-23(26)32-21(19-29-22(25)4-2)20-31-33(27,28)30-18-17-24/h8-9,21H,3-7,10-20,24H2,1-2H3,(H,27,28)/b9-8-. The van der Waals surface area contributed by atoms with Crippen molar-refractivity contribution < 1.29 is 37.6 Å². The maximum absolute atomic E-state index is 12.1. The van der Waals surface area contributed by atoms with Gasteiger partial charge in [0.15, 0.2) is 6.10 Å². The van der Waals surface area contributed by atoms with Crippen LogP contribution in [0.2, 0.25) is 0 Å². The number of nitrogens with two attached hydrogens (primary N) is 1. The third-order valence-corrected chi connectivity index (χ3v) is 5.69. The molecule has 0 spiro atoms. The third-order valence-electron chi connectivity index (χ3n) is 4.71. The molecular weight excluding hydrogens is 449 g/mol. The van der Waals surface area contributed by atoms with E-state index in [1.165, 1.54) is 19.3 Å². The zero-order valence-electron chi connectivity index (χ0n) is 20.4. The van der Waals surface area contributed by atoms with Crippen LogP contribution in [0.3, 0.4) is 0 Å². The molecule has 33 heavy (non-hydrogen) atoms. The molecule has 9 nitrogen and oxygen atoms in total. The number of hydrogen-bond donors (Lipinski definition) is 2. The lowest BCUT2D eigenvalue weighted by Gasteiger charge is -2.19. The number of hydrogen-bond acceptors (Lipinski definition) is 8. The molecule has 0 fully saturated rings. The maximum atomic E-state index is 12.1. The van der Waals surface area contributed by atoms with Crippen molar-refractivity contribution in [1.29, 1.82) is 0 Å². The van der Waals surface area contributed by atoms with Crippen LogP contribution < -0.4 is 5.73 Å². The van der Waals surface area contributed by atoms with Crippen molar-refractivity contribution in [2.45, 2.75) is 97.0 Å². The van der Waals surface area contributed by atoms with E-state index in [9.17, 15) is 19.0 Å². The van der Waals surface area contributed by atoms with Crippen molar-refractivity contribution in [2.24, 2.45) is 5.73 Å². The van der Waals surface area contributed by atoms with E-state index < -0.39 is 32.5 Å². The number of carbonyl (C=O) groups is 2. The average Bonchev–Trinajstić information content (AvgIpc) is 2.80. The SMILES string of the molecule is CCCCC/C=C\CCCCCCCC(=O)OC(COC(=O)CC)COP(=O)(O)OCCN. The van der Waals surface area contributed by atoms with Gasteiger partial charge in [0.25, 0.3) is 0 Å². The minimum atomic E-state index is -4.33. The van der Waals surface area contributed by atoms with Crippen LogP contribution in [-0.4, -0.2) is 49.3 Å². The van der Waals surface area contributed by atoms with Gasteiger partial charge in [0, 0.05) is 19.4 Å². The van der Waals surface area contributed by atoms with E-state index >= 15 is 0 Å². The van der Waals surface area contributed by atoms with Crippen LogP contribution in [0.5, 0.6) is 0 Å². The largest absolute Gasteiger partial charge is 0.472 e. The van der Waals surface area contributed by atoms with Gasteiger partial charge in [-0.15, -0.1) is 0 Å². The molecule has 0 aliphatic carbocycles. The first-order valence-electron chi connectivity index (χ1n) is 12.2. The van der Waals surface area contributed by atoms with Gasteiger partial charge in [0.05, 0.1) is 13.2 Å². The summed E-state index contributed by atoms with van der Waals surface area (Å²) in [5.74, 6) is -0.944. The monoisotopic (exact) mass is 493 g/mol. The van der Waals surface area contributed by atoms with Gasteiger partial charge in [-0.25, -0.2) is 4.57 Å². The molecule has 0 aromatic carbocycles. The molecule has 0 aliphatic rings. The topological polar surface area (TPSA) is 134 Å². The molecule has 194 valence electrons. The molecule has 0 saturated carbocycles. The summed E-state index contributed by atoms with van der Waals surface area (Å²) in [6, 6.07) is 0. The highest BCUT2D eigenvalue weighted by Gasteiger charge is 2.25. The van der Waals surface area contributed by atoms with Crippen molar-refractivity contribution in [3.8, 4) is 0 Å². The van der Waals surface area contributed by atoms with Gasteiger partial charge >= 0.3 is 19.8 Å². The molecule has 0 amide bonds. The zero-order valence-corrected chi connectivity index (χ0v) is 21.3. The van der Waals surface area contributed by atoms with Crippen LogP contribution >= 0.6 is 7.82 Å². The summed E-state index contributed by atoms with van der Waals surface area (Å²) >= 11 is 0. The quantitative estimate of drug-likeness (QED) is 0.0942. The number of phosphoric acid groups is 1. The Labute approximate surface area is 199 Å². The van der Waals surface area contributed by atoms with Crippen molar-refractivity contribution in [1.82, 2.24) is 0 Å². The molecule has 0 aromatic rings. The fraction of sp³-hybridized carbons (Fsp3) is 0.826. The molecule has 0 aliphatic heterocycles. The predicted molar refractivity (Wildman–Crippen MR) is 128 cm³/mol. The number of phosphoric ester groups is 1. The van der Waals surface area contributed by atoms with Crippen LogP contribution in [0.1, 0.15) is 90.9 Å². The maximum Gasteiger partial charge on any atom is 0.472 e. The van der Waals surface area contributed by atoms with E-state index in [1.807, 2.05) is 0 Å². The number of esters is 2. The molecular formula is C23H44NO8P. The van der Waals surface area contributed by atoms with Gasteiger partial charge in [-0.2, -0.15) is 0 Å². The summed E-state index contributed by atoms with van der Waals surface area (Å²) in [6.07, 6.45) is 14.9. The van der Waals surface area contributed by atoms with Gasteiger partial charge in [-0.3, -0.25) is 18.6 Å². The fourth-order valence-corrected chi connectivity index (χ4v) is 3.61. The fourth-order valence-electron chi connectivity index (χ4n) is 2.84. The Morgan fingerprint density at radius 1 is 0.909 bits per heavy atom. The van der Waals surface area contributed by atoms with Crippen molar-refractivity contribution in [3.63, 3.8) is 0 Å². The Balaban J connectivity index is 4.13. The summed E-state index contributed by atoms with van der Waals surface area (Å²) < 4.78 is 31.5. The normalized spacial score (nSPS) is 14.2. The Hall–Kier alpha value is -1.25. The summed E-state index contributed by atoms with van der Waals surface area (Å²) in [7, 11) is -4.33. The van der Waals surface area contributed by atoms with Crippen LogP contribution in [0.15, 0.2) is 12.2 Å². The lowest BCUT2D eigenvalue weighted by Crippen LogP contribution is -2.29. The lowest BCUT2D eigenvalue weighted by atomic mass is 10.1. The first kappa shape index (κ1) is 31.8. The second-order valence-corrected chi connectivity index (χ2v) is 9.26. The van der Waals surface area contributed by atoms with Crippen molar-refractivity contribution >= 4 is 19.8 Å². The second kappa shape index (κ2) is 21.3. The average molecular weight is 494 g/mol. The Bertz CT molecular complexity index is 585. The van der Waals surface area contributed by atoms with E-state index in [0.717, 1.165) is 38.5 Å². The first-order valence-corrected chi connectivity index (χ1v) is 13.7. The highest BCUT2D eigenvalue weighted by Crippen LogP contribution is 2.43. The predicted octanol–water partition coefficient (Wildman–Crippen LogP) is 4.81. The highest BCUT2D eigenvalue weighted by atomic mass is 31.2. The van der Waals surface area contributed by atoms with E-state index in [4.69, 9.17) is 19.7 Å². The van der Waals surface area contributed by atoms with Crippen molar-refractivity contribution in [3.05, 3.63) is 12.2 Å². The van der Waals surface area contributed by atoms with Crippen molar-refractivity contribution in [2.75, 3.05) is 26.4 Å². The molecule has 2 atom stereocenters. The summed E-state index contributed by atoms with van der Waals surface area (Å²) in [5, 5.41) is 0. The van der Waals surface area contributed by atoms with E-state index in [-0.39, 0.29) is 32.6 Å². The number of rotatable bonds is 22. The van der Waals surface area contributed by atoms with Crippen LogP contribution in [0, 0.1) is 0 Å². The Kier molecular flexibility index (Phi) is 20.5. The third kappa shape index (κ3) is 21.0. The summed E-state index contributed by atoms with van der Waals surface area (Å²) in [6.45, 7) is 3.03. The van der Waals surface area contributed by atoms with E-state index in [0.29, 0.717) is 6.42 Å². The molecule has 2 unspecified atom stereocenters. The molecule has 0 bridgehead atoms. The van der Waals surface area contributed by atoms with Crippen LogP contribution in [0.25, 0.3) is 0 Å². The number of allylic oxidation sites excluding steroid dienone is 2. The number of unbranched alkanes of at least 4 members (excludes halogenated alkanes) is 8. The summed E-state index contributed by atoms with van der Waals surface area (Å²) in [5.41, 5.74) is 5.23.